The summed E-state index contributed by atoms with van der Waals surface area (Å²) in [7, 11) is 0. The molecule has 124 valence electrons. The van der Waals surface area contributed by atoms with Gasteiger partial charge in [-0.05, 0) is 17.7 Å². The summed E-state index contributed by atoms with van der Waals surface area (Å²) in [4.78, 5) is 12.6. The molecular weight excluding hydrogens is 316 g/mol. The molecule has 0 radical (unpaired) electrons. The van der Waals surface area contributed by atoms with Crippen LogP contribution in [-0.4, -0.2) is 11.1 Å². The lowest BCUT2D eigenvalue weighted by molar-refractivity contribution is -0.185. The molecule has 0 unspecified atom stereocenters. The molecule has 1 aromatic heterocycles. The van der Waals surface area contributed by atoms with Gasteiger partial charge in [0.15, 0.2) is 0 Å². The highest BCUT2D eigenvalue weighted by molar-refractivity contribution is 6.20. The second-order valence-corrected chi connectivity index (χ2v) is 5.88. The average Bonchev–Trinajstić information content (AvgIpc) is 3.24. The van der Waals surface area contributed by atoms with E-state index in [1.54, 1.807) is 36.6 Å². The van der Waals surface area contributed by atoms with Crippen molar-refractivity contribution in [3.8, 4) is 0 Å². The van der Waals surface area contributed by atoms with Crippen LogP contribution in [0.15, 0.2) is 89.0 Å². The highest BCUT2D eigenvalue weighted by Gasteiger charge is 2.48. The normalized spacial score (nSPS) is 20.0. The largest absolute Gasteiger partial charge is 0.469 e. The summed E-state index contributed by atoms with van der Waals surface area (Å²) in [5, 5.41) is 11.3. The zero-order chi connectivity index (χ0) is 17.3. The Morgan fingerprint density at radius 1 is 0.880 bits per heavy atom. The Bertz CT molecular complexity index is 911. The molecule has 0 aliphatic carbocycles. The van der Waals surface area contributed by atoms with Gasteiger partial charge in [0.2, 0.25) is 0 Å². The number of rotatable bonds is 4. The lowest BCUT2D eigenvalue weighted by atomic mass is 9.89. The molecule has 0 saturated carbocycles. The van der Waals surface area contributed by atoms with Crippen LogP contribution in [0.25, 0.3) is 5.57 Å². The van der Waals surface area contributed by atoms with Crippen molar-refractivity contribution >= 4 is 11.5 Å². The molecule has 1 N–H and O–H groups in total. The topological polar surface area (TPSA) is 59.7 Å². The smallest absolute Gasteiger partial charge is 0.342 e. The Hall–Kier alpha value is -3.11. The zero-order valence-electron chi connectivity index (χ0n) is 13.4. The molecule has 1 aliphatic heterocycles. The lowest BCUT2D eigenvalue weighted by Crippen LogP contribution is -2.29. The number of cyclic esters (lactones) is 1. The Morgan fingerprint density at radius 2 is 1.56 bits per heavy atom. The maximum Gasteiger partial charge on any atom is 0.342 e. The van der Waals surface area contributed by atoms with E-state index in [0.29, 0.717) is 28.0 Å². The van der Waals surface area contributed by atoms with E-state index in [0.717, 1.165) is 0 Å². The van der Waals surface area contributed by atoms with Crippen molar-refractivity contribution in [1.29, 1.82) is 0 Å². The summed E-state index contributed by atoms with van der Waals surface area (Å²) in [6.07, 6.45) is 1.84. The van der Waals surface area contributed by atoms with Crippen LogP contribution in [-0.2, 0) is 21.7 Å². The number of hydrogen-bond donors (Lipinski definition) is 1. The van der Waals surface area contributed by atoms with E-state index in [1.165, 1.54) is 0 Å². The first-order valence-electron chi connectivity index (χ1n) is 8.01. The van der Waals surface area contributed by atoms with Gasteiger partial charge in [0.1, 0.15) is 5.76 Å². The van der Waals surface area contributed by atoms with Crippen molar-refractivity contribution in [1.82, 2.24) is 0 Å². The van der Waals surface area contributed by atoms with Crippen LogP contribution in [0.3, 0.4) is 0 Å². The predicted octanol–water partition coefficient (Wildman–Crippen LogP) is 3.68. The molecule has 2 aromatic carbocycles. The minimum atomic E-state index is -1.81. The Morgan fingerprint density at radius 3 is 2.20 bits per heavy atom. The van der Waals surface area contributed by atoms with Gasteiger partial charge in [0, 0.05) is 17.6 Å². The van der Waals surface area contributed by atoms with Crippen LogP contribution < -0.4 is 0 Å². The van der Waals surface area contributed by atoms with E-state index in [9.17, 15) is 9.90 Å². The third-order valence-corrected chi connectivity index (χ3v) is 4.31. The molecule has 0 spiro atoms. The second-order valence-electron chi connectivity index (χ2n) is 5.88. The van der Waals surface area contributed by atoms with Crippen molar-refractivity contribution in [2.24, 2.45) is 0 Å². The monoisotopic (exact) mass is 332 g/mol. The summed E-state index contributed by atoms with van der Waals surface area (Å²) in [5.74, 6) is -1.70. The SMILES string of the molecule is O=C1O[C@](O)(c2ccccc2)C(Cc2ccco2)=C1c1ccccc1. The molecule has 0 saturated heterocycles. The number of esters is 1. The van der Waals surface area contributed by atoms with Crippen LogP contribution in [0.2, 0.25) is 0 Å². The van der Waals surface area contributed by atoms with E-state index in [-0.39, 0.29) is 6.42 Å². The van der Waals surface area contributed by atoms with E-state index in [4.69, 9.17) is 9.15 Å². The number of furan rings is 1. The van der Waals surface area contributed by atoms with E-state index >= 15 is 0 Å². The van der Waals surface area contributed by atoms with E-state index in [1.807, 2.05) is 42.5 Å². The highest BCUT2D eigenvalue weighted by Crippen LogP contribution is 2.44. The van der Waals surface area contributed by atoms with Gasteiger partial charge in [0.05, 0.1) is 11.8 Å². The van der Waals surface area contributed by atoms with Crippen LogP contribution in [0.1, 0.15) is 16.9 Å². The standard InChI is InChI=1S/C21H16O4/c22-20-19(15-8-3-1-4-9-15)18(14-17-12-7-13-24-17)21(23,25-20)16-10-5-2-6-11-16/h1-13,23H,14H2/t21-/m1/s1. The van der Waals surface area contributed by atoms with Gasteiger partial charge in [-0.2, -0.15) is 0 Å². The Kier molecular flexibility index (Phi) is 3.75. The maximum atomic E-state index is 12.6. The quantitative estimate of drug-likeness (QED) is 0.741. The second kappa shape index (κ2) is 6.07. The van der Waals surface area contributed by atoms with Gasteiger partial charge >= 0.3 is 5.97 Å². The molecule has 4 rings (SSSR count). The Balaban J connectivity index is 1.91. The lowest BCUT2D eigenvalue weighted by Gasteiger charge is -2.25. The highest BCUT2D eigenvalue weighted by atomic mass is 16.7. The van der Waals surface area contributed by atoms with Crippen LogP contribution >= 0.6 is 0 Å². The number of aliphatic hydroxyl groups is 1. The van der Waals surface area contributed by atoms with Crippen molar-refractivity contribution in [2.75, 3.05) is 0 Å². The Labute approximate surface area is 145 Å². The van der Waals surface area contributed by atoms with Gasteiger partial charge in [-0.3, -0.25) is 0 Å². The third kappa shape index (κ3) is 2.66. The summed E-state index contributed by atoms with van der Waals surface area (Å²) in [6, 6.07) is 21.7. The van der Waals surface area contributed by atoms with E-state index < -0.39 is 11.8 Å². The molecule has 0 fully saturated rings. The number of carbonyl (C=O) groups excluding carboxylic acids is 1. The summed E-state index contributed by atoms with van der Waals surface area (Å²) < 4.78 is 10.9. The first-order chi connectivity index (χ1) is 12.2. The van der Waals surface area contributed by atoms with Gasteiger partial charge < -0.3 is 14.3 Å². The molecule has 0 bridgehead atoms. The predicted molar refractivity (Wildman–Crippen MR) is 92.2 cm³/mol. The molecule has 3 aromatic rings. The molecule has 0 amide bonds. The molecule has 4 heteroatoms. The van der Waals surface area contributed by atoms with Crippen molar-refractivity contribution in [2.45, 2.75) is 12.2 Å². The van der Waals surface area contributed by atoms with Gasteiger partial charge in [-0.1, -0.05) is 60.7 Å². The van der Waals surface area contributed by atoms with Crippen LogP contribution in [0, 0.1) is 0 Å². The molecule has 2 heterocycles. The fourth-order valence-corrected chi connectivity index (χ4v) is 3.13. The fraction of sp³-hybridized carbons (Fsp3) is 0.0952. The third-order valence-electron chi connectivity index (χ3n) is 4.31. The molecule has 4 nitrogen and oxygen atoms in total. The summed E-state index contributed by atoms with van der Waals surface area (Å²) in [5.41, 5.74) is 2.07. The number of hydrogen-bond acceptors (Lipinski definition) is 4. The van der Waals surface area contributed by atoms with E-state index in [2.05, 4.69) is 0 Å². The molecule has 25 heavy (non-hydrogen) atoms. The summed E-state index contributed by atoms with van der Waals surface area (Å²) in [6.45, 7) is 0. The van der Waals surface area contributed by atoms with Gasteiger partial charge in [0.25, 0.3) is 5.79 Å². The van der Waals surface area contributed by atoms with Gasteiger partial charge in [-0.15, -0.1) is 0 Å². The number of benzene rings is 2. The molecule has 1 atom stereocenters. The number of ether oxygens (including phenoxy) is 1. The van der Waals surface area contributed by atoms with Gasteiger partial charge in [-0.25, -0.2) is 4.79 Å². The molecular formula is C21H16O4. The first kappa shape index (κ1) is 15.4. The van der Waals surface area contributed by atoms with Crippen LogP contribution in [0.4, 0.5) is 0 Å². The minimum Gasteiger partial charge on any atom is -0.469 e. The van der Waals surface area contributed by atoms with Crippen molar-refractivity contribution < 1.29 is 19.1 Å². The van der Waals surface area contributed by atoms with Crippen molar-refractivity contribution in [3.63, 3.8) is 0 Å². The zero-order valence-corrected chi connectivity index (χ0v) is 13.4. The average molecular weight is 332 g/mol. The maximum absolute atomic E-state index is 12.6. The van der Waals surface area contributed by atoms with Crippen molar-refractivity contribution in [3.05, 3.63) is 102 Å². The molecule has 1 aliphatic rings. The number of carbonyl (C=O) groups is 1. The summed E-state index contributed by atoms with van der Waals surface area (Å²) >= 11 is 0. The first-order valence-corrected chi connectivity index (χ1v) is 8.01. The van der Waals surface area contributed by atoms with Crippen LogP contribution in [0.5, 0.6) is 0 Å². The fourth-order valence-electron chi connectivity index (χ4n) is 3.13. The minimum absolute atomic E-state index is 0.272.